The second kappa shape index (κ2) is 4.78. The molecule has 0 bridgehead atoms. The summed E-state index contributed by atoms with van der Waals surface area (Å²) in [5.41, 5.74) is 2.10. The first kappa shape index (κ1) is 12.9. The highest BCUT2D eigenvalue weighted by Gasteiger charge is 2.28. The zero-order valence-corrected chi connectivity index (χ0v) is 11.6. The van der Waals surface area contributed by atoms with Crippen molar-refractivity contribution >= 4 is 5.91 Å². The van der Waals surface area contributed by atoms with Crippen LogP contribution in [0.3, 0.4) is 0 Å². The van der Waals surface area contributed by atoms with Gasteiger partial charge in [-0.15, -0.1) is 0 Å². The van der Waals surface area contributed by atoms with Gasteiger partial charge in [-0.05, 0) is 43.7 Å². The molecule has 0 radical (unpaired) electrons. The van der Waals surface area contributed by atoms with E-state index >= 15 is 0 Å². The van der Waals surface area contributed by atoms with Crippen LogP contribution in [0.15, 0.2) is 36.5 Å². The smallest absolute Gasteiger partial charge is 0.254 e. The fraction of sp³-hybridized carbons (Fsp3) is 0.312. The lowest BCUT2D eigenvalue weighted by molar-refractivity contribution is 0.0643. The van der Waals surface area contributed by atoms with E-state index < -0.39 is 0 Å². The van der Waals surface area contributed by atoms with E-state index in [1.165, 1.54) is 6.07 Å². The van der Waals surface area contributed by atoms with Crippen molar-refractivity contribution in [2.24, 2.45) is 0 Å². The quantitative estimate of drug-likeness (QED) is 0.783. The predicted molar refractivity (Wildman–Crippen MR) is 75.0 cm³/mol. The van der Waals surface area contributed by atoms with Crippen LogP contribution in [0.25, 0.3) is 0 Å². The van der Waals surface area contributed by atoms with Gasteiger partial charge in [-0.3, -0.25) is 4.79 Å². The molecule has 2 aromatic rings. The molecule has 0 N–H and O–H groups in total. The number of carbonyl (C=O) groups excluding carboxylic acids is 1. The molecule has 3 rings (SSSR count). The van der Waals surface area contributed by atoms with Gasteiger partial charge in [0.1, 0.15) is 5.82 Å². The van der Waals surface area contributed by atoms with Gasteiger partial charge in [0.25, 0.3) is 5.91 Å². The summed E-state index contributed by atoms with van der Waals surface area (Å²) in [6.45, 7) is 5.14. The first-order chi connectivity index (χ1) is 9.58. The van der Waals surface area contributed by atoms with Crippen molar-refractivity contribution in [2.45, 2.75) is 26.4 Å². The van der Waals surface area contributed by atoms with Crippen LogP contribution in [0, 0.1) is 12.7 Å². The third-order valence-corrected chi connectivity index (χ3v) is 4.02. The number of carbonyl (C=O) groups is 1. The maximum Gasteiger partial charge on any atom is 0.254 e. The predicted octanol–water partition coefficient (Wildman–Crippen LogP) is 3.15. The normalized spacial score (nSPS) is 17.9. The Balaban J connectivity index is 1.90. The minimum Gasteiger partial charge on any atom is -0.348 e. The Labute approximate surface area is 117 Å². The zero-order valence-electron chi connectivity index (χ0n) is 11.6. The van der Waals surface area contributed by atoms with Crippen LogP contribution in [0.4, 0.5) is 4.39 Å². The van der Waals surface area contributed by atoms with E-state index in [2.05, 4.69) is 4.57 Å². The van der Waals surface area contributed by atoms with Gasteiger partial charge in [0.05, 0.1) is 6.04 Å². The minimum absolute atomic E-state index is 0.00983. The van der Waals surface area contributed by atoms with Gasteiger partial charge >= 0.3 is 0 Å². The van der Waals surface area contributed by atoms with Gasteiger partial charge in [-0.1, -0.05) is 6.07 Å². The average molecular weight is 272 g/mol. The molecule has 0 spiro atoms. The van der Waals surface area contributed by atoms with Crippen molar-refractivity contribution in [3.05, 3.63) is 59.2 Å². The maximum absolute atomic E-state index is 13.6. The number of fused-ring (bicyclic) bond motifs is 1. The Morgan fingerprint density at radius 3 is 2.85 bits per heavy atom. The van der Waals surface area contributed by atoms with Crippen LogP contribution >= 0.6 is 0 Å². The topological polar surface area (TPSA) is 25.2 Å². The van der Waals surface area contributed by atoms with Crippen molar-refractivity contribution < 1.29 is 9.18 Å². The highest BCUT2D eigenvalue weighted by atomic mass is 19.1. The highest BCUT2D eigenvalue weighted by Crippen LogP contribution is 2.27. The third-order valence-electron chi connectivity index (χ3n) is 4.02. The van der Waals surface area contributed by atoms with Gasteiger partial charge in [0, 0.05) is 30.5 Å². The number of hydrogen-bond acceptors (Lipinski definition) is 1. The fourth-order valence-electron chi connectivity index (χ4n) is 2.75. The average Bonchev–Trinajstić information content (AvgIpc) is 2.91. The Bertz CT molecular complexity index is 662. The molecule has 4 heteroatoms. The summed E-state index contributed by atoms with van der Waals surface area (Å²) in [6.07, 6.45) is 2.03. The lowest BCUT2D eigenvalue weighted by Crippen LogP contribution is -2.40. The van der Waals surface area contributed by atoms with E-state index in [-0.39, 0.29) is 17.8 Å². The molecule has 0 saturated carbocycles. The Morgan fingerprint density at radius 1 is 1.30 bits per heavy atom. The van der Waals surface area contributed by atoms with Crippen LogP contribution in [0.5, 0.6) is 0 Å². The van der Waals surface area contributed by atoms with E-state index in [4.69, 9.17) is 0 Å². The minimum atomic E-state index is -0.330. The van der Waals surface area contributed by atoms with E-state index in [1.54, 1.807) is 24.0 Å². The second-order valence-electron chi connectivity index (χ2n) is 5.26. The SMILES string of the molecule is Cc1ccc(C(=O)N2CCn3cccc3[C@H]2C)cc1F. The molecular formula is C16H17FN2O. The number of hydrogen-bond donors (Lipinski definition) is 0. The van der Waals surface area contributed by atoms with Crippen molar-refractivity contribution in [1.29, 1.82) is 0 Å². The van der Waals surface area contributed by atoms with E-state index in [1.807, 2.05) is 25.3 Å². The van der Waals surface area contributed by atoms with Crippen LogP contribution < -0.4 is 0 Å². The summed E-state index contributed by atoms with van der Waals surface area (Å²) < 4.78 is 15.8. The second-order valence-corrected chi connectivity index (χ2v) is 5.26. The first-order valence-corrected chi connectivity index (χ1v) is 6.80. The van der Waals surface area contributed by atoms with Gasteiger partial charge in [0.2, 0.25) is 0 Å². The van der Waals surface area contributed by atoms with Gasteiger partial charge in [-0.2, -0.15) is 0 Å². The molecule has 1 aromatic heterocycles. The molecule has 1 amide bonds. The highest BCUT2D eigenvalue weighted by molar-refractivity contribution is 5.94. The molecule has 0 aliphatic carbocycles. The van der Waals surface area contributed by atoms with Crippen molar-refractivity contribution in [3.63, 3.8) is 0 Å². The number of nitrogens with zero attached hydrogens (tertiary/aromatic N) is 2. The molecular weight excluding hydrogens is 255 g/mol. The van der Waals surface area contributed by atoms with Crippen molar-refractivity contribution in [1.82, 2.24) is 9.47 Å². The van der Waals surface area contributed by atoms with Gasteiger partial charge < -0.3 is 9.47 Å². The molecule has 104 valence electrons. The molecule has 1 aliphatic heterocycles. The van der Waals surface area contributed by atoms with Crippen molar-refractivity contribution in [3.8, 4) is 0 Å². The van der Waals surface area contributed by atoms with Gasteiger partial charge in [-0.25, -0.2) is 4.39 Å². The standard InChI is InChI=1S/C16H17FN2O/c1-11-5-6-13(10-14(11)17)16(20)19-9-8-18-7-3-4-15(18)12(19)2/h3-7,10,12H,8-9H2,1-2H3/t12-/m1/s1. The third kappa shape index (κ3) is 2.01. The zero-order chi connectivity index (χ0) is 14.3. The fourth-order valence-corrected chi connectivity index (χ4v) is 2.75. The number of rotatable bonds is 1. The Hall–Kier alpha value is -2.10. The first-order valence-electron chi connectivity index (χ1n) is 6.80. The molecule has 1 aromatic carbocycles. The largest absolute Gasteiger partial charge is 0.348 e. The lowest BCUT2D eigenvalue weighted by Gasteiger charge is -2.35. The molecule has 3 nitrogen and oxygen atoms in total. The summed E-state index contributed by atoms with van der Waals surface area (Å²) in [7, 11) is 0. The molecule has 1 aliphatic rings. The van der Waals surface area contributed by atoms with E-state index in [9.17, 15) is 9.18 Å². The summed E-state index contributed by atoms with van der Waals surface area (Å²) >= 11 is 0. The number of amides is 1. The molecule has 0 saturated heterocycles. The van der Waals surface area contributed by atoms with Crippen molar-refractivity contribution in [2.75, 3.05) is 6.54 Å². The number of benzene rings is 1. The van der Waals surface area contributed by atoms with E-state index in [0.29, 0.717) is 17.7 Å². The molecule has 2 heterocycles. The van der Waals surface area contributed by atoms with Crippen LogP contribution in [-0.4, -0.2) is 21.9 Å². The molecule has 0 unspecified atom stereocenters. The summed E-state index contributed by atoms with van der Waals surface area (Å²) in [4.78, 5) is 14.4. The monoisotopic (exact) mass is 272 g/mol. The molecule has 20 heavy (non-hydrogen) atoms. The summed E-state index contributed by atoms with van der Waals surface area (Å²) in [5.74, 6) is -0.437. The number of aryl methyl sites for hydroxylation is 1. The van der Waals surface area contributed by atoms with Crippen LogP contribution in [0.2, 0.25) is 0 Å². The summed E-state index contributed by atoms with van der Waals surface area (Å²) in [6, 6.07) is 8.71. The molecule has 1 atom stereocenters. The number of halogens is 1. The van der Waals surface area contributed by atoms with Crippen LogP contribution in [0.1, 0.15) is 34.6 Å². The number of aromatic nitrogens is 1. The molecule has 0 fully saturated rings. The van der Waals surface area contributed by atoms with Crippen LogP contribution in [-0.2, 0) is 6.54 Å². The Morgan fingerprint density at radius 2 is 2.10 bits per heavy atom. The summed E-state index contributed by atoms with van der Waals surface area (Å²) in [5, 5.41) is 0. The maximum atomic E-state index is 13.6. The Kier molecular flexibility index (Phi) is 3.08. The lowest BCUT2D eigenvalue weighted by atomic mass is 10.1. The van der Waals surface area contributed by atoms with Gasteiger partial charge in [0.15, 0.2) is 0 Å². The van der Waals surface area contributed by atoms with E-state index in [0.717, 1.165) is 12.2 Å².